The van der Waals surface area contributed by atoms with Gasteiger partial charge >= 0.3 is 0 Å². The third kappa shape index (κ3) is 3.35. The zero-order valence-corrected chi connectivity index (χ0v) is 16.7. The van der Waals surface area contributed by atoms with Crippen LogP contribution in [0.3, 0.4) is 0 Å². The third-order valence-electron chi connectivity index (χ3n) is 5.20. The van der Waals surface area contributed by atoms with Crippen molar-refractivity contribution in [3.63, 3.8) is 0 Å². The van der Waals surface area contributed by atoms with E-state index in [1.54, 1.807) is 61.7 Å². The molecule has 0 unspecified atom stereocenters. The van der Waals surface area contributed by atoms with Crippen LogP contribution in [0.5, 0.6) is 5.75 Å². The molecule has 4 rings (SSSR count). The van der Waals surface area contributed by atoms with Crippen LogP contribution in [0.4, 0.5) is 5.69 Å². The molecule has 0 aromatic heterocycles. The summed E-state index contributed by atoms with van der Waals surface area (Å²) < 4.78 is 5.24. The number of ether oxygens (including phenoxy) is 1. The van der Waals surface area contributed by atoms with E-state index in [4.69, 9.17) is 4.74 Å². The largest absolute Gasteiger partial charge is 0.507 e. The Labute approximate surface area is 174 Å². The molecule has 0 saturated carbocycles. The lowest BCUT2D eigenvalue weighted by atomic mass is 9.95. The second-order valence-electron chi connectivity index (χ2n) is 7.15. The Morgan fingerprint density at radius 1 is 0.933 bits per heavy atom. The van der Waals surface area contributed by atoms with Crippen molar-refractivity contribution in [2.24, 2.45) is 0 Å². The first-order valence-corrected chi connectivity index (χ1v) is 9.58. The van der Waals surface area contributed by atoms with Crippen molar-refractivity contribution in [2.75, 3.05) is 12.0 Å². The fraction of sp³-hybridized carbons (Fsp3) is 0.120. The number of methoxy groups -OCH3 is 1. The number of hydrogen-bond acceptors (Lipinski definition) is 4. The number of rotatable bonds is 4. The van der Waals surface area contributed by atoms with Gasteiger partial charge in [0, 0.05) is 11.3 Å². The van der Waals surface area contributed by atoms with Crippen molar-refractivity contribution in [3.05, 3.63) is 101 Å². The van der Waals surface area contributed by atoms with E-state index in [0.717, 1.165) is 5.56 Å². The summed E-state index contributed by atoms with van der Waals surface area (Å²) in [4.78, 5) is 27.6. The van der Waals surface area contributed by atoms with E-state index < -0.39 is 17.7 Å². The Bertz CT molecular complexity index is 1130. The molecule has 1 amide bonds. The van der Waals surface area contributed by atoms with Crippen LogP contribution >= 0.6 is 0 Å². The summed E-state index contributed by atoms with van der Waals surface area (Å²) in [5.41, 5.74) is 2.82. The summed E-state index contributed by atoms with van der Waals surface area (Å²) in [6.45, 7) is 1.92. The molecule has 1 aliphatic rings. The average Bonchev–Trinajstić information content (AvgIpc) is 3.04. The van der Waals surface area contributed by atoms with Gasteiger partial charge in [-0.05, 0) is 42.3 Å². The standard InChI is InChI=1S/C25H21NO4/c1-16-7-6-10-19(15-16)26-22(17-11-13-20(30-2)14-12-17)21(24(28)25(26)29)23(27)18-8-4-3-5-9-18/h3-15,22,27H,1-2H3/b23-21+/t22-/m0/s1. The molecule has 1 N–H and O–H groups in total. The van der Waals surface area contributed by atoms with Gasteiger partial charge < -0.3 is 9.84 Å². The summed E-state index contributed by atoms with van der Waals surface area (Å²) in [5.74, 6) is -0.906. The Hall–Kier alpha value is -3.86. The first-order chi connectivity index (χ1) is 14.5. The normalized spacial score (nSPS) is 17.9. The molecule has 0 bridgehead atoms. The number of nitrogens with zero attached hydrogens (tertiary/aromatic N) is 1. The fourth-order valence-electron chi connectivity index (χ4n) is 3.73. The minimum absolute atomic E-state index is 0.0675. The molecule has 1 fully saturated rings. The Morgan fingerprint density at radius 3 is 2.27 bits per heavy atom. The van der Waals surface area contributed by atoms with Crippen LogP contribution < -0.4 is 9.64 Å². The van der Waals surface area contributed by atoms with Gasteiger partial charge in [0.1, 0.15) is 11.5 Å². The predicted octanol–water partition coefficient (Wildman–Crippen LogP) is 4.63. The molecule has 5 nitrogen and oxygen atoms in total. The summed E-state index contributed by atoms with van der Waals surface area (Å²) >= 11 is 0. The SMILES string of the molecule is COc1ccc([C@H]2/C(=C(\O)c3ccccc3)C(=O)C(=O)N2c2cccc(C)c2)cc1. The molecule has 1 aliphatic heterocycles. The summed E-state index contributed by atoms with van der Waals surface area (Å²) in [7, 11) is 1.57. The summed E-state index contributed by atoms with van der Waals surface area (Å²) in [5, 5.41) is 11.0. The molecular formula is C25H21NO4. The van der Waals surface area contributed by atoms with Gasteiger partial charge in [0.05, 0.1) is 18.7 Å². The van der Waals surface area contributed by atoms with E-state index in [1.807, 2.05) is 31.2 Å². The zero-order chi connectivity index (χ0) is 21.3. The van der Waals surface area contributed by atoms with Crippen LogP contribution in [0, 0.1) is 6.92 Å². The number of amides is 1. The summed E-state index contributed by atoms with van der Waals surface area (Å²) in [6, 6.07) is 22.6. The topological polar surface area (TPSA) is 66.8 Å². The van der Waals surface area contributed by atoms with E-state index >= 15 is 0 Å². The van der Waals surface area contributed by atoms with Gasteiger partial charge in [-0.1, -0.05) is 54.6 Å². The van der Waals surface area contributed by atoms with Crippen LogP contribution in [0.25, 0.3) is 5.76 Å². The smallest absolute Gasteiger partial charge is 0.300 e. The molecule has 30 heavy (non-hydrogen) atoms. The minimum Gasteiger partial charge on any atom is -0.507 e. The average molecular weight is 399 g/mol. The molecule has 1 heterocycles. The van der Waals surface area contributed by atoms with Crippen LogP contribution in [-0.2, 0) is 9.59 Å². The van der Waals surface area contributed by atoms with Crippen molar-refractivity contribution < 1.29 is 19.4 Å². The van der Waals surface area contributed by atoms with E-state index in [2.05, 4.69) is 0 Å². The highest BCUT2D eigenvalue weighted by Gasteiger charge is 2.46. The van der Waals surface area contributed by atoms with E-state index in [9.17, 15) is 14.7 Å². The first-order valence-electron chi connectivity index (χ1n) is 9.58. The fourth-order valence-corrected chi connectivity index (χ4v) is 3.73. The molecule has 1 atom stereocenters. The maximum atomic E-state index is 13.1. The lowest BCUT2D eigenvalue weighted by Gasteiger charge is -2.26. The summed E-state index contributed by atoms with van der Waals surface area (Å²) in [6.07, 6.45) is 0. The van der Waals surface area contributed by atoms with Crippen molar-refractivity contribution in [1.82, 2.24) is 0 Å². The second-order valence-corrected chi connectivity index (χ2v) is 7.15. The van der Waals surface area contributed by atoms with Crippen molar-refractivity contribution >= 4 is 23.1 Å². The van der Waals surface area contributed by atoms with Gasteiger partial charge in [-0.25, -0.2) is 0 Å². The highest BCUT2D eigenvalue weighted by molar-refractivity contribution is 6.51. The number of hydrogen-bond donors (Lipinski definition) is 1. The third-order valence-corrected chi connectivity index (χ3v) is 5.20. The number of anilines is 1. The van der Waals surface area contributed by atoms with Crippen molar-refractivity contribution in [3.8, 4) is 5.75 Å². The number of aryl methyl sites for hydroxylation is 1. The Balaban J connectivity index is 1.94. The minimum atomic E-state index is -0.752. The van der Waals surface area contributed by atoms with Crippen LogP contribution in [0.1, 0.15) is 22.7 Å². The van der Waals surface area contributed by atoms with Gasteiger partial charge in [0.25, 0.3) is 11.7 Å². The lowest BCUT2D eigenvalue weighted by molar-refractivity contribution is -0.132. The zero-order valence-electron chi connectivity index (χ0n) is 16.7. The number of ketones is 1. The molecule has 5 heteroatoms. The maximum Gasteiger partial charge on any atom is 0.300 e. The molecule has 3 aromatic rings. The quantitative estimate of drug-likeness (QED) is 0.395. The lowest BCUT2D eigenvalue weighted by Crippen LogP contribution is -2.29. The highest BCUT2D eigenvalue weighted by Crippen LogP contribution is 2.42. The molecule has 0 radical (unpaired) electrons. The van der Waals surface area contributed by atoms with E-state index in [1.165, 1.54) is 4.90 Å². The number of carbonyl (C=O) groups is 2. The number of aliphatic hydroxyl groups excluding tert-OH is 1. The second kappa shape index (κ2) is 7.87. The maximum absolute atomic E-state index is 13.1. The van der Waals surface area contributed by atoms with Crippen LogP contribution in [0.2, 0.25) is 0 Å². The monoisotopic (exact) mass is 399 g/mol. The van der Waals surface area contributed by atoms with Gasteiger partial charge in [0.2, 0.25) is 0 Å². The molecular weight excluding hydrogens is 378 g/mol. The Morgan fingerprint density at radius 2 is 1.63 bits per heavy atom. The molecule has 0 spiro atoms. The molecule has 1 saturated heterocycles. The van der Waals surface area contributed by atoms with Gasteiger partial charge in [-0.3, -0.25) is 14.5 Å². The number of aliphatic hydroxyl groups is 1. The molecule has 150 valence electrons. The molecule has 3 aromatic carbocycles. The predicted molar refractivity (Wildman–Crippen MR) is 115 cm³/mol. The van der Waals surface area contributed by atoms with E-state index in [0.29, 0.717) is 22.6 Å². The number of carbonyl (C=O) groups excluding carboxylic acids is 2. The van der Waals surface area contributed by atoms with Gasteiger partial charge in [-0.2, -0.15) is 0 Å². The highest BCUT2D eigenvalue weighted by atomic mass is 16.5. The van der Waals surface area contributed by atoms with Gasteiger partial charge in [-0.15, -0.1) is 0 Å². The first kappa shape index (κ1) is 19.5. The molecule has 0 aliphatic carbocycles. The Kier molecular flexibility index (Phi) is 5.11. The van der Waals surface area contributed by atoms with Crippen LogP contribution in [0.15, 0.2) is 84.4 Å². The van der Waals surface area contributed by atoms with E-state index in [-0.39, 0.29) is 11.3 Å². The van der Waals surface area contributed by atoms with Crippen molar-refractivity contribution in [2.45, 2.75) is 13.0 Å². The van der Waals surface area contributed by atoms with Gasteiger partial charge in [0.15, 0.2) is 0 Å². The van der Waals surface area contributed by atoms with Crippen molar-refractivity contribution in [1.29, 1.82) is 0 Å². The number of benzene rings is 3. The van der Waals surface area contributed by atoms with Crippen LogP contribution in [-0.4, -0.2) is 23.9 Å². The number of Topliss-reactive ketones (excluding diaryl/α,β-unsaturated/α-hetero) is 1.